The van der Waals surface area contributed by atoms with E-state index in [1.807, 2.05) is 12.5 Å². The Kier molecular flexibility index (Phi) is 3.09. The Hall–Kier alpha value is -1.97. The van der Waals surface area contributed by atoms with Crippen LogP contribution < -0.4 is 0 Å². The van der Waals surface area contributed by atoms with Gasteiger partial charge in [-0.1, -0.05) is 42.3 Å². The molecule has 0 N–H and O–H groups in total. The van der Waals surface area contributed by atoms with E-state index in [4.69, 9.17) is 0 Å². The lowest BCUT2D eigenvalue weighted by Gasteiger charge is -2.22. The summed E-state index contributed by atoms with van der Waals surface area (Å²) >= 11 is 0. The summed E-state index contributed by atoms with van der Waals surface area (Å²) in [6.45, 7) is 0. The first kappa shape index (κ1) is 12.7. The second-order valence-electron chi connectivity index (χ2n) is 6.24. The van der Waals surface area contributed by atoms with Gasteiger partial charge in [0.2, 0.25) is 0 Å². The number of hydrogen-bond donors (Lipinski definition) is 0. The summed E-state index contributed by atoms with van der Waals surface area (Å²) in [6.07, 6.45) is 9.40. The zero-order valence-electron chi connectivity index (χ0n) is 12.0. The van der Waals surface area contributed by atoms with Crippen LogP contribution in [-0.2, 0) is 0 Å². The third-order valence-corrected chi connectivity index (χ3v) is 5.14. The van der Waals surface area contributed by atoms with Gasteiger partial charge in [0.05, 0.1) is 30.3 Å². The van der Waals surface area contributed by atoms with Gasteiger partial charge in [-0.25, -0.2) is 4.98 Å². The van der Waals surface area contributed by atoms with Crippen molar-refractivity contribution < 1.29 is 0 Å². The highest BCUT2D eigenvalue weighted by Gasteiger charge is 2.34. The lowest BCUT2D eigenvalue weighted by atomic mass is 9.90. The Morgan fingerprint density at radius 1 is 1.29 bits per heavy atom. The van der Waals surface area contributed by atoms with Crippen molar-refractivity contribution in [2.45, 2.75) is 44.2 Å². The van der Waals surface area contributed by atoms with Crippen LogP contribution in [0.5, 0.6) is 0 Å². The summed E-state index contributed by atoms with van der Waals surface area (Å²) in [5.41, 5.74) is 3.71. The Bertz CT molecular complexity index is 658. The number of nitroso groups, excluding NO2 is 1. The molecule has 0 saturated heterocycles. The van der Waals surface area contributed by atoms with Crippen LogP contribution in [0.2, 0.25) is 0 Å². The molecule has 1 aliphatic carbocycles. The van der Waals surface area contributed by atoms with Gasteiger partial charge in [-0.15, -0.1) is 0 Å². The van der Waals surface area contributed by atoms with E-state index in [0.717, 1.165) is 25.0 Å². The molecular weight excluding hydrogens is 262 g/mol. The van der Waals surface area contributed by atoms with Crippen LogP contribution in [0.25, 0.3) is 11.3 Å². The fourth-order valence-electron chi connectivity index (χ4n) is 4.07. The smallest absolute Gasteiger partial charge is 0.0970 e. The summed E-state index contributed by atoms with van der Waals surface area (Å²) in [6, 6.07) is 8.59. The molecule has 0 spiro atoms. The van der Waals surface area contributed by atoms with Crippen molar-refractivity contribution in [2.24, 2.45) is 11.1 Å². The van der Waals surface area contributed by atoms with E-state index in [1.165, 1.54) is 24.0 Å². The van der Waals surface area contributed by atoms with Crippen molar-refractivity contribution in [3.63, 3.8) is 0 Å². The molecule has 21 heavy (non-hydrogen) atoms. The number of imidazole rings is 1. The zero-order chi connectivity index (χ0) is 14.2. The minimum Gasteiger partial charge on any atom is -0.323 e. The highest BCUT2D eigenvalue weighted by Crippen LogP contribution is 2.43. The molecule has 2 aromatic rings. The molecular formula is C17H19N3O. The van der Waals surface area contributed by atoms with Crippen molar-refractivity contribution in [3.8, 4) is 11.3 Å². The molecule has 2 heterocycles. The van der Waals surface area contributed by atoms with Crippen LogP contribution in [0.1, 0.15) is 43.7 Å². The maximum atomic E-state index is 11.4. The van der Waals surface area contributed by atoms with E-state index >= 15 is 0 Å². The molecule has 4 nitrogen and oxygen atoms in total. The van der Waals surface area contributed by atoms with Crippen molar-refractivity contribution in [2.75, 3.05) is 0 Å². The average molecular weight is 281 g/mol. The maximum absolute atomic E-state index is 11.4. The topological polar surface area (TPSA) is 47.2 Å². The number of rotatable bonds is 4. The van der Waals surface area contributed by atoms with E-state index in [0.29, 0.717) is 5.92 Å². The number of benzene rings is 1. The van der Waals surface area contributed by atoms with E-state index in [1.54, 1.807) is 0 Å². The Morgan fingerprint density at radius 3 is 2.90 bits per heavy atom. The van der Waals surface area contributed by atoms with Crippen LogP contribution in [0.4, 0.5) is 0 Å². The number of hydrogen-bond acceptors (Lipinski definition) is 3. The Balaban J connectivity index is 1.67. The molecule has 2 aliphatic rings. The molecule has 4 heteroatoms. The van der Waals surface area contributed by atoms with E-state index in [-0.39, 0.29) is 12.1 Å². The van der Waals surface area contributed by atoms with Gasteiger partial charge in [0.1, 0.15) is 0 Å². The monoisotopic (exact) mass is 281 g/mol. The minimum atomic E-state index is -0.0705. The standard InChI is InChI=1S/C17H19N3O/c21-19-15(12-5-1-2-6-12)9-16-13-7-3-4-8-14(13)17-10-18-11-20(16)17/h3-4,7-8,10-12,15-16H,1-2,5-6,9H2. The van der Waals surface area contributed by atoms with Gasteiger partial charge in [-0.2, -0.15) is 4.91 Å². The quantitative estimate of drug-likeness (QED) is 0.790. The van der Waals surface area contributed by atoms with Gasteiger partial charge in [0.15, 0.2) is 0 Å². The van der Waals surface area contributed by atoms with Gasteiger partial charge in [-0.3, -0.25) is 0 Å². The summed E-state index contributed by atoms with van der Waals surface area (Å²) in [5, 5.41) is 3.48. The normalized spacial score (nSPS) is 22.0. The molecule has 1 fully saturated rings. The second-order valence-corrected chi connectivity index (χ2v) is 6.24. The van der Waals surface area contributed by atoms with E-state index in [9.17, 15) is 4.91 Å². The fourth-order valence-corrected chi connectivity index (χ4v) is 4.07. The van der Waals surface area contributed by atoms with Gasteiger partial charge in [-0.05, 0) is 30.7 Å². The van der Waals surface area contributed by atoms with Gasteiger partial charge in [0, 0.05) is 5.56 Å². The maximum Gasteiger partial charge on any atom is 0.0970 e. The molecule has 108 valence electrons. The largest absolute Gasteiger partial charge is 0.323 e. The Labute approximate surface area is 124 Å². The summed E-state index contributed by atoms with van der Waals surface area (Å²) in [7, 11) is 0. The van der Waals surface area contributed by atoms with Crippen LogP contribution >= 0.6 is 0 Å². The van der Waals surface area contributed by atoms with Crippen molar-refractivity contribution >= 4 is 0 Å². The molecule has 1 aromatic heterocycles. The third kappa shape index (κ3) is 2.01. The van der Waals surface area contributed by atoms with Gasteiger partial charge in [0.25, 0.3) is 0 Å². The highest BCUT2D eigenvalue weighted by atomic mass is 16.3. The SMILES string of the molecule is O=NC(CC1c2ccccc2-c2cncn21)C1CCCC1. The van der Waals surface area contributed by atoms with Crippen LogP contribution in [-0.4, -0.2) is 15.6 Å². The van der Waals surface area contributed by atoms with Crippen LogP contribution in [0, 0.1) is 10.8 Å². The molecule has 1 aliphatic heterocycles. The molecule has 2 unspecified atom stereocenters. The summed E-state index contributed by atoms with van der Waals surface area (Å²) in [4.78, 5) is 15.6. The average Bonchev–Trinajstić information content (AvgIpc) is 3.23. The first-order chi connectivity index (χ1) is 10.4. The van der Waals surface area contributed by atoms with E-state index in [2.05, 4.69) is 39.0 Å². The van der Waals surface area contributed by atoms with Crippen molar-refractivity contribution in [1.29, 1.82) is 0 Å². The number of fused-ring (bicyclic) bond motifs is 3. The summed E-state index contributed by atoms with van der Waals surface area (Å²) < 4.78 is 2.21. The lowest BCUT2D eigenvalue weighted by Crippen LogP contribution is -2.20. The first-order valence-corrected chi connectivity index (χ1v) is 7.82. The molecule has 4 rings (SSSR count). The van der Waals surface area contributed by atoms with E-state index < -0.39 is 0 Å². The Morgan fingerprint density at radius 2 is 2.10 bits per heavy atom. The van der Waals surface area contributed by atoms with Gasteiger partial charge >= 0.3 is 0 Å². The molecule has 1 saturated carbocycles. The molecule has 0 amide bonds. The predicted octanol–water partition coefficient (Wildman–Crippen LogP) is 4.17. The number of nitrogens with zero attached hydrogens (tertiary/aromatic N) is 3. The van der Waals surface area contributed by atoms with Gasteiger partial charge < -0.3 is 4.57 Å². The molecule has 2 atom stereocenters. The predicted molar refractivity (Wildman–Crippen MR) is 82.0 cm³/mol. The third-order valence-electron chi connectivity index (χ3n) is 5.14. The van der Waals surface area contributed by atoms with Crippen molar-refractivity contribution in [1.82, 2.24) is 9.55 Å². The summed E-state index contributed by atoms with van der Waals surface area (Å²) in [5.74, 6) is 0.474. The fraction of sp³-hybridized carbons (Fsp3) is 0.471. The second kappa shape index (κ2) is 5.10. The number of aromatic nitrogens is 2. The first-order valence-electron chi connectivity index (χ1n) is 7.82. The van der Waals surface area contributed by atoms with Crippen LogP contribution in [0.15, 0.2) is 42.0 Å². The zero-order valence-corrected chi connectivity index (χ0v) is 12.0. The minimum absolute atomic E-state index is 0.0705. The van der Waals surface area contributed by atoms with Crippen molar-refractivity contribution in [3.05, 3.63) is 47.3 Å². The lowest BCUT2D eigenvalue weighted by molar-refractivity contribution is 0.370. The molecule has 1 aromatic carbocycles. The molecule has 0 bridgehead atoms. The molecule has 0 radical (unpaired) electrons. The van der Waals surface area contributed by atoms with Crippen LogP contribution in [0.3, 0.4) is 0 Å². The highest BCUT2D eigenvalue weighted by molar-refractivity contribution is 5.68.